The predicted octanol–water partition coefficient (Wildman–Crippen LogP) is 3.60. The van der Waals surface area contributed by atoms with Gasteiger partial charge in [0.15, 0.2) is 0 Å². The molecular weight excluding hydrogens is 330 g/mol. The van der Waals surface area contributed by atoms with Crippen LogP contribution in [0, 0.1) is 5.92 Å². The highest BCUT2D eigenvalue weighted by molar-refractivity contribution is 9.10. The first kappa shape index (κ1) is 14.7. The van der Waals surface area contributed by atoms with Crippen molar-refractivity contribution < 1.29 is 9.53 Å². The molecule has 0 saturated heterocycles. The molecule has 1 aliphatic carbocycles. The summed E-state index contributed by atoms with van der Waals surface area (Å²) in [6, 6.07) is 5.31. The van der Waals surface area contributed by atoms with Gasteiger partial charge in [-0.2, -0.15) is 0 Å². The monoisotopic (exact) mass is 345 g/mol. The van der Waals surface area contributed by atoms with E-state index in [4.69, 9.17) is 16.3 Å². The van der Waals surface area contributed by atoms with Crippen LogP contribution in [0.1, 0.15) is 29.6 Å². The van der Waals surface area contributed by atoms with Gasteiger partial charge in [-0.15, -0.1) is 11.6 Å². The van der Waals surface area contributed by atoms with E-state index in [2.05, 4.69) is 21.2 Å². The number of benzene rings is 1. The maximum Gasteiger partial charge on any atom is 0.251 e. The third-order valence-electron chi connectivity index (χ3n) is 3.44. The standard InChI is InChI=1S/C14H17BrClNO2/c1-19-13-5-3-10(7-12(13)15)14(18)17-8-9-2-4-11(16)6-9/h3,5,7,9,11H,2,4,6,8H2,1H3,(H,17,18). The minimum Gasteiger partial charge on any atom is -0.496 e. The Hall–Kier alpha value is -0.740. The molecule has 0 aliphatic heterocycles. The van der Waals surface area contributed by atoms with Crippen molar-refractivity contribution in [2.45, 2.75) is 24.6 Å². The summed E-state index contributed by atoms with van der Waals surface area (Å²) in [6.07, 6.45) is 3.14. The summed E-state index contributed by atoms with van der Waals surface area (Å²) >= 11 is 9.44. The van der Waals surface area contributed by atoms with Crippen LogP contribution >= 0.6 is 27.5 Å². The third kappa shape index (κ3) is 3.86. The van der Waals surface area contributed by atoms with Gasteiger partial charge in [-0.3, -0.25) is 4.79 Å². The SMILES string of the molecule is COc1ccc(C(=O)NCC2CCC(Cl)C2)cc1Br. The van der Waals surface area contributed by atoms with E-state index in [0.717, 1.165) is 29.5 Å². The molecule has 2 atom stereocenters. The fraction of sp³-hybridized carbons (Fsp3) is 0.500. The van der Waals surface area contributed by atoms with E-state index in [0.29, 0.717) is 18.0 Å². The molecule has 1 aliphatic rings. The lowest BCUT2D eigenvalue weighted by Gasteiger charge is -2.11. The van der Waals surface area contributed by atoms with Gasteiger partial charge in [-0.05, 0) is 59.3 Å². The van der Waals surface area contributed by atoms with Crippen LogP contribution in [0.15, 0.2) is 22.7 Å². The van der Waals surface area contributed by atoms with Crippen molar-refractivity contribution in [2.75, 3.05) is 13.7 Å². The number of carbonyl (C=O) groups excluding carboxylic acids is 1. The highest BCUT2D eigenvalue weighted by atomic mass is 79.9. The summed E-state index contributed by atoms with van der Waals surface area (Å²) in [6.45, 7) is 0.700. The van der Waals surface area contributed by atoms with Crippen LogP contribution in [0.5, 0.6) is 5.75 Å². The average Bonchev–Trinajstić information content (AvgIpc) is 2.81. The molecule has 104 valence electrons. The molecule has 3 nitrogen and oxygen atoms in total. The Bertz CT molecular complexity index is 467. The van der Waals surface area contributed by atoms with Crippen molar-refractivity contribution >= 4 is 33.4 Å². The second-order valence-corrected chi connectivity index (χ2v) is 6.31. The van der Waals surface area contributed by atoms with E-state index < -0.39 is 0 Å². The topological polar surface area (TPSA) is 38.3 Å². The lowest BCUT2D eigenvalue weighted by Crippen LogP contribution is -2.28. The Morgan fingerprint density at radius 2 is 2.32 bits per heavy atom. The lowest BCUT2D eigenvalue weighted by atomic mass is 10.1. The maximum absolute atomic E-state index is 12.0. The fourth-order valence-corrected chi connectivity index (χ4v) is 3.26. The van der Waals surface area contributed by atoms with Gasteiger partial charge in [0.25, 0.3) is 5.91 Å². The van der Waals surface area contributed by atoms with Gasteiger partial charge < -0.3 is 10.1 Å². The Labute approximate surface area is 126 Å². The van der Waals surface area contributed by atoms with Crippen molar-refractivity contribution in [1.29, 1.82) is 0 Å². The number of nitrogens with one attached hydrogen (secondary N) is 1. The Kier molecular flexibility index (Phi) is 5.11. The van der Waals surface area contributed by atoms with Crippen LogP contribution in [-0.4, -0.2) is 24.9 Å². The molecule has 1 saturated carbocycles. The number of alkyl halides is 1. The first-order chi connectivity index (χ1) is 9.10. The summed E-state index contributed by atoms with van der Waals surface area (Å²) in [4.78, 5) is 12.0. The fourth-order valence-electron chi connectivity index (χ4n) is 2.35. The number of hydrogen-bond donors (Lipinski definition) is 1. The maximum atomic E-state index is 12.0. The van der Waals surface area contributed by atoms with Crippen molar-refractivity contribution in [3.63, 3.8) is 0 Å². The van der Waals surface area contributed by atoms with Crippen molar-refractivity contribution in [3.8, 4) is 5.75 Å². The number of halogens is 2. The summed E-state index contributed by atoms with van der Waals surface area (Å²) in [7, 11) is 1.60. The minimum absolute atomic E-state index is 0.0543. The number of carbonyl (C=O) groups is 1. The average molecular weight is 347 g/mol. The van der Waals surface area contributed by atoms with Gasteiger partial charge in [-0.25, -0.2) is 0 Å². The largest absolute Gasteiger partial charge is 0.496 e. The van der Waals surface area contributed by atoms with E-state index in [1.54, 1.807) is 25.3 Å². The molecule has 1 aromatic carbocycles. The van der Waals surface area contributed by atoms with Gasteiger partial charge in [0, 0.05) is 17.5 Å². The summed E-state index contributed by atoms with van der Waals surface area (Å²) in [5, 5.41) is 3.24. The van der Waals surface area contributed by atoms with Crippen LogP contribution in [0.4, 0.5) is 0 Å². The molecule has 1 amide bonds. The Balaban J connectivity index is 1.91. The van der Waals surface area contributed by atoms with E-state index in [9.17, 15) is 4.79 Å². The second kappa shape index (κ2) is 6.62. The van der Waals surface area contributed by atoms with Crippen LogP contribution in [0.25, 0.3) is 0 Å². The molecule has 0 heterocycles. The van der Waals surface area contributed by atoms with Gasteiger partial charge in [0.05, 0.1) is 11.6 Å². The molecule has 19 heavy (non-hydrogen) atoms. The van der Waals surface area contributed by atoms with Gasteiger partial charge in [-0.1, -0.05) is 0 Å². The number of methoxy groups -OCH3 is 1. The number of rotatable bonds is 4. The van der Waals surface area contributed by atoms with E-state index in [-0.39, 0.29) is 11.3 Å². The van der Waals surface area contributed by atoms with Gasteiger partial charge in [0.1, 0.15) is 5.75 Å². The van der Waals surface area contributed by atoms with Gasteiger partial charge in [0.2, 0.25) is 0 Å². The quantitative estimate of drug-likeness (QED) is 0.846. The molecular formula is C14H17BrClNO2. The summed E-state index contributed by atoms with van der Waals surface area (Å²) in [5.74, 6) is 1.17. The van der Waals surface area contributed by atoms with Crippen LogP contribution in [0.2, 0.25) is 0 Å². The Morgan fingerprint density at radius 3 is 2.89 bits per heavy atom. The number of hydrogen-bond acceptors (Lipinski definition) is 2. The van der Waals surface area contributed by atoms with Gasteiger partial charge >= 0.3 is 0 Å². The molecule has 1 N–H and O–H groups in total. The van der Waals surface area contributed by atoms with E-state index in [1.807, 2.05) is 0 Å². The second-order valence-electron chi connectivity index (χ2n) is 4.84. The van der Waals surface area contributed by atoms with E-state index in [1.165, 1.54) is 0 Å². The Morgan fingerprint density at radius 1 is 1.53 bits per heavy atom. The number of ether oxygens (including phenoxy) is 1. The molecule has 2 rings (SSSR count). The zero-order valence-corrected chi connectivity index (χ0v) is 13.1. The zero-order valence-electron chi connectivity index (χ0n) is 10.8. The summed E-state index contributed by atoms with van der Waals surface area (Å²) < 4.78 is 5.92. The highest BCUT2D eigenvalue weighted by Gasteiger charge is 2.23. The molecule has 0 aromatic heterocycles. The minimum atomic E-state index is -0.0543. The van der Waals surface area contributed by atoms with Crippen LogP contribution < -0.4 is 10.1 Å². The first-order valence-corrected chi connectivity index (χ1v) is 7.59. The van der Waals surface area contributed by atoms with Crippen molar-refractivity contribution in [3.05, 3.63) is 28.2 Å². The molecule has 2 unspecified atom stereocenters. The first-order valence-electron chi connectivity index (χ1n) is 6.36. The smallest absolute Gasteiger partial charge is 0.251 e. The molecule has 0 spiro atoms. The highest BCUT2D eigenvalue weighted by Crippen LogP contribution is 2.29. The van der Waals surface area contributed by atoms with Crippen molar-refractivity contribution in [1.82, 2.24) is 5.32 Å². The molecule has 0 bridgehead atoms. The van der Waals surface area contributed by atoms with Crippen LogP contribution in [0.3, 0.4) is 0 Å². The summed E-state index contributed by atoms with van der Waals surface area (Å²) in [5.41, 5.74) is 0.632. The third-order valence-corrected chi connectivity index (χ3v) is 4.46. The molecule has 5 heteroatoms. The van der Waals surface area contributed by atoms with E-state index >= 15 is 0 Å². The zero-order chi connectivity index (χ0) is 13.8. The molecule has 1 fully saturated rings. The molecule has 1 aromatic rings. The lowest BCUT2D eigenvalue weighted by molar-refractivity contribution is 0.0947. The van der Waals surface area contributed by atoms with Crippen LogP contribution in [-0.2, 0) is 0 Å². The van der Waals surface area contributed by atoms with Crippen molar-refractivity contribution in [2.24, 2.45) is 5.92 Å². The molecule has 0 radical (unpaired) electrons. The normalized spacial score (nSPS) is 22.3. The predicted molar refractivity (Wildman–Crippen MR) is 80.0 cm³/mol. The number of amides is 1.